The van der Waals surface area contributed by atoms with Gasteiger partial charge in [0.25, 0.3) is 0 Å². The lowest BCUT2D eigenvalue weighted by Crippen LogP contribution is -2.26. The minimum absolute atomic E-state index is 0.157. The van der Waals surface area contributed by atoms with Crippen LogP contribution in [0.3, 0.4) is 0 Å². The Bertz CT molecular complexity index is 665. The Morgan fingerprint density at radius 2 is 2.10 bits per heavy atom. The van der Waals surface area contributed by atoms with Crippen LogP contribution in [-0.2, 0) is 4.79 Å². The van der Waals surface area contributed by atoms with Crippen LogP contribution in [0.25, 0.3) is 10.8 Å². The van der Waals surface area contributed by atoms with Crippen LogP contribution >= 0.6 is 0 Å². The number of carbonyl (C=O) groups is 1. The van der Waals surface area contributed by atoms with E-state index in [0.29, 0.717) is 12.3 Å². The largest absolute Gasteiger partial charge is 0.496 e. The summed E-state index contributed by atoms with van der Waals surface area (Å²) in [7, 11) is 1.71. The first-order valence-electron chi connectivity index (χ1n) is 7.59. The molecule has 0 saturated heterocycles. The molecule has 1 aliphatic carbocycles. The molecule has 0 radical (unpaired) electrons. The maximum Gasteiger partial charge on any atom is 0.220 e. The summed E-state index contributed by atoms with van der Waals surface area (Å²) in [5.41, 5.74) is 1.23. The molecule has 110 valence electrons. The Hall–Kier alpha value is -2.03. The van der Waals surface area contributed by atoms with Crippen molar-refractivity contribution in [2.75, 3.05) is 7.11 Å². The van der Waals surface area contributed by atoms with Crippen molar-refractivity contribution in [2.24, 2.45) is 0 Å². The van der Waals surface area contributed by atoms with Gasteiger partial charge < -0.3 is 10.1 Å². The summed E-state index contributed by atoms with van der Waals surface area (Å²) in [4.78, 5) is 11.7. The van der Waals surface area contributed by atoms with Crippen molar-refractivity contribution in [3.63, 3.8) is 0 Å². The second kappa shape index (κ2) is 5.76. The second-order valence-electron chi connectivity index (χ2n) is 5.67. The van der Waals surface area contributed by atoms with Gasteiger partial charge in [-0.1, -0.05) is 37.3 Å². The zero-order valence-corrected chi connectivity index (χ0v) is 12.6. The van der Waals surface area contributed by atoms with Gasteiger partial charge in [-0.05, 0) is 29.7 Å². The van der Waals surface area contributed by atoms with Crippen LogP contribution in [0.2, 0.25) is 0 Å². The lowest BCUT2D eigenvalue weighted by molar-refractivity contribution is -0.121. The van der Waals surface area contributed by atoms with Gasteiger partial charge in [-0.15, -0.1) is 0 Å². The third-order valence-corrected chi connectivity index (χ3v) is 4.14. The Labute approximate surface area is 125 Å². The number of rotatable bonds is 5. The van der Waals surface area contributed by atoms with Gasteiger partial charge in [0.05, 0.1) is 7.11 Å². The molecule has 0 aromatic heterocycles. The molecule has 0 bridgehead atoms. The van der Waals surface area contributed by atoms with E-state index in [-0.39, 0.29) is 11.9 Å². The first kappa shape index (κ1) is 13.9. The summed E-state index contributed by atoms with van der Waals surface area (Å²) >= 11 is 0. The first-order valence-corrected chi connectivity index (χ1v) is 7.59. The van der Waals surface area contributed by atoms with Crippen LogP contribution < -0.4 is 10.1 Å². The quantitative estimate of drug-likeness (QED) is 0.910. The average Bonchev–Trinajstić information content (AvgIpc) is 3.24. The first-order chi connectivity index (χ1) is 10.2. The number of ether oxygens (including phenoxy) is 1. The topological polar surface area (TPSA) is 38.3 Å². The van der Waals surface area contributed by atoms with Crippen molar-refractivity contribution in [1.82, 2.24) is 5.32 Å². The predicted molar refractivity (Wildman–Crippen MR) is 84.7 cm³/mol. The summed E-state index contributed by atoms with van der Waals surface area (Å²) in [6.07, 6.45) is 2.50. The van der Waals surface area contributed by atoms with E-state index in [1.807, 2.05) is 19.1 Å². The van der Waals surface area contributed by atoms with Crippen LogP contribution in [0.4, 0.5) is 0 Å². The van der Waals surface area contributed by atoms with Gasteiger partial charge in [-0.2, -0.15) is 0 Å². The highest BCUT2D eigenvalue weighted by molar-refractivity contribution is 5.89. The molecular formula is C18H21NO2. The molecule has 2 aromatic rings. The highest BCUT2D eigenvalue weighted by atomic mass is 16.5. The third-order valence-electron chi connectivity index (χ3n) is 4.14. The van der Waals surface area contributed by atoms with E-state index in [0.717, 1.165) is 18.6 Å². The molecule has 1 amide bonds. The van der Waals surface area contributed by atoms with E-state index < -0.39 is 0 Å². The molecule has 2 atom stereocenters. The summed E-state index contributed by atoms with van der Waals surface area (Å²) in [6, 6.07) is 12.7. The van der Waals surface area contributed by atoms with Gasteiger partial charge >= 0.3 is 0 Å². The average molecular weight is 283 g/mol. The fraction of sp³-hybridized carbons (Fsp3) is 0.389. The zero-order valence-electron chi connectivity index (χ0n) is 12.6. The summed E-state index contributed by atoms with van der Waals surface area (Å²) < 4.78 is 5.54. The molecule has 2 aromatic carbocycles. The molecule has 0 spiro atoms. The van der Waals surface area contributed by atoms with E-state index in [1.54, 1.807) is 7.11 Å². The zero-order chi connectivity index (χ0) is 14.8. The monoisotopic (exact) mass is 283 g/mol. The van der Waals surface area contributed by atoms with Crippen LogP contribution in [0, 0.1) is 0 Å². The van der Waals surface area contributed by atoms with Crippen LogP contribution in [0.5, 0.6) is 5.75 Å². The standard InChI is InChI=1S/C18H21NO2/c1-3-6-17(20)19-15-11-14(15)18-13-8-5-4-7-12(13)9-10-16(18)21-2/h4-5,7-10,14-15H,3,6,11H2,1-2H3,(H,19,20). The van der Waals surface area contributed by atoms with E-state index >= 15 is 0 Å². The molecule has 3 rings (SSSR count). The molecular weight excluding hydrogens is 262 g/mol. The minimum atomic E-state index is 0.157. The van der Waals surface area contributed by atoms with Gasteiger partial charge in [0.1, 0.15) is 5.75 Å². The minimum Gasteiger partial charge on any atom is -0.496 e. The molecule has 1 saturated carbocycles. The maximum absolute atomic E-state index is 11.7. The van der Waals surface area contributed by atoms with E-state index in [4.69, 9.17) is 4.74 Å². The fourth-order valence-corrected chi connectivity index (χ4v) is 3.02. The van der Waals surface area contributed by atoms with Crippen molar-refractivity contribution in [1.29, 1.82) is 0 Å². The Morgan fingerprint density at radius 1 is 1.29 bits per heavy atom. The van der Waals surface area contributed by atoms with Gasteiger partial charge in [-0.3, -0.25) is 4.79 Å². The van der Waals surface area contributed by atoms with Crippen LogP contribution in [0.1, 0.15) is 37.7 Å². The summed E-state index contributed by atoms with van der Waals surface area (Å²) in [6.45, 7) is 2.03. The maximum atomic E-state index is 11.7. The van der Waals surface area contributed by atoms with E-state index in [2.05, 4.69) is 29.6 Å². The number of nitrogens with one attached hydrogen (secondary N) is 1. The number of hydrogen-bond donors (Lipinski definition) is 1. The van der Waals surface area contributed by atoms with Gasteiger partial charge in [-0.25, -0.2) is 0 Å². The molecule has 1 N–H and O–H groups in total. The van der Waals surface area contributed by atoms with Gasteiger partial charge in [0.15, 0.2) is 0 Å². The second-order valence-corrected chi connectivity index (χ2v) is 5.67. The van der Waals surface area contributed by atoms with Crippen molar-refractivity contribution < 1.29 is 9.53 Å². The molecule has 3 nitrogen and oxygen atoms in total. The normalized spacial score (nSPS) is 20.3. The number of hydrogen-bond acceptors (Lipinski definition) is 2. The summed E-state index contributed by atoms with van der Waals surface area (Å²) in [5, 5.41) is 5.58. The molecule has 3 heteroatoms. The van der Waals surface area contributed by atoms with Crippen molar-refractivity contribution >= 4 is 16.7 Å². The lowest BCUT2D eigenvalue weighted by atomic mass is 9.99. The van der Waals surface area contributed by atoms with E-state index in [1.165, 1.54) is 16.3 Å². The third kappa shape index (κ3) is 2.73. The molecule has 21 heavy (non-hydrogen) atoms. The number of methoxy groups -OCH3 is 1. The predicted octanol–water partition coefficient (Wildman–Crippen LogP) is 3.62. The van der Waals surface area contributed by atoms with Crippen molar-refractivity contribution in [3.8, 4) is 5.75 Å². The van der Waals surface area contributed by atoms with Gasteiger partial charge in [0.2, 0.25) is 5.91 Å². The highest BCUT2D eigenvalue weighted by Crippen LogP contribution is 2.47. The number of amides is 1. The molecule has 1 aliphatic rings. The number of benzene rings is 2. The number of fused-ring (bicyclic) bond motifs is 1. The SMILES string of the molecule is CCCC(=O)NC1CC1c1c(OC)ccc2ccccc12. The molecule has 1 fully saturated rings. The Kier molecular flexibility index (Phi) is 3.82. The smallest absolute Gasteiger partial charge is 0.220 e. The van der Waals surface area contributed by atoms with Crippen LogP contribution in [-0.4, -0.2) is 19.1 Å². The van der Waals surface area contributed by atoms with Crippen molar-refractivity contribution in [2.45, 2.75) is 38.1 Å². The van der Waals surface area contributed by atoms with E-state index in [9.17, 15) is 4.79 Å². The Morgan fingerprint density at radius 3 is 2.86 bits per heavy atom. The highest BCUT2D eigenvalue weighted by Gasteiger charge is 2.41. The molecule has 2 unspecified atom stereocenters. The van der Waals surface area contributed by atoms with Crippen molar-refractivity contribution in [3.05, 3.63) is 42.0 Å². The fourth-order valence-electron chi connectivity index (χ4n) is 3.02. The number of carbonyl (C=O) groups excluding carboxylic acids is 1. The molecule has 0 heterocycles. The lowest BCUT2D eigenvalue weighted by Gasteiger charge is -2.12. The summed E-state index contributed by atoms with van der Waals surface area (Å²) in [5.74, 6) is 1.45. The Balaban J connectivity index is 1.89. The molecule has 0 aliphatic heterocycles. The van der Waals surface area contributed by atoms with Crippen LogP contribution in [0.15, 0.2) is 36.4 Å². The van der Waals surface area contributed by atoms with Gasteiger partial charge in [0, 0.05) is 23.9 Å².